The van der Waals surface area contributed by atoms with E-state index in [9.17, 15) is 4.79 Å². The molecule has 150 valence electrons. The van der Waals surface area contributed by atoms with Gasteiger partial charge in [-0.15, -0.1) is 11.3 Å². The average Bonchev–Trinajstić information content (AvgIpc) is 3.12. The SMILES string of the molecule is C[C@H]1C(=O)N(Cc2ccc3c(N)ccnc3c2)CCN1CC=Cc1ccc(Cl)s1. The maximum absolute atomic E-state index is 12.9. The number of nitrogens with two attached hydrogens (primary N) is 1. The van der Waals surface area contributed by atoms with Crippen LogP contribution >= 0.6 is 22.9 Å². The second kappa shape index (κ2) is 8.53. The number of fused-ring (bicyclic) bond motifs is 1. The number of benzene rings is 1. The molecule has 29 heavy (non-hydrogen) atoms. The van der Waals surface area contributed by atoms with Gasteiger partial charge in [0.15, 0.2) is 0 Å². The van der Waals surface area contributed by atoms with Crippen LogP contribution in [0.4, 0.5) is 5.69 Å². The number of amides is 1. The van der Waals surface area contributed by atoms with Gasteiger partial charge in [-0.25, -0.2) is 0 Å². The van der Waals surface area contributed by atoms with E-state index in [0.717, 1.165) is 44.5 Å². The number of carbonyl (C=O) groups excluding carboxylic acids is 1. The number of nitrogens with zero attached hydrogens (tertiary/aromatic N) is 3. The average molecular weight is 427 g/mol. The third kappa shape index (κ3) is 4.45. The summed E-state index contributed by atoms with van der Waals surface area (Å²) >= 11 is 7.52. The first kappa shape index (κ1) is 19.9. The fourth-order valence-corrected chi connectivity index (χ4v) is 4.63. The van der Waals surface area contributed by atoms with Crippen LogP contribution in [0.15, 0.2) is 48.7 Å². The Morgan fingerprint density at radius 2 is 2.14 bits per heavy atom. The van der Waals surface area contributed by atoms with Crippen molar-refractivity contribution in [1.29, 1.82) is 0 Å². The van der Waals surface area contributed by atoms with Gasteiger partial charge >= 0.3 is 0 Å². The zero-order valence-corrected chi connectivity index (χ0v) is 17.8. The lowest BCUT2D eigenvalue weighted by atomic mass is 10.1. The summed E-state index contributed by atoms with van der Waals surface area (Å²) in [6, 6.07) is 11.6. The van der Waals surface area contributed by atoms with E-state index in [1.165, 1.54) is 0 Å². The van der Waals surface area contributed by atoms with Crippen LogP contribution in [0.3, 0.4) is 0 Å². The molecule has 3 aromatic rings. The summed E-state index contributed by atoms with van der Waals surface area (Å²) in [5.74, 6) is 0.157. The number of hydrogen-bond donors (Lipinski definition) is 1. The fraction of sp³-hybridized carbons (Fsp3) is 0.273. The summed E-state index contributed by atoms with van der Waals surface area (Å²) in [5.41, 5.74) is 8.65. The molecule has 7 heteroatoms. The minimum atomic E-state index is -0.144. The molecule has 1 aliphatic heterocycles. The summed E-state index contributed by atoms with van der Waals surface area (Å²) in [5, 5.41) is 0.944. The van der Waals surface area contributed by atoms with Crippen molar-refractivity contribution in [2.24, 2.45) is 0 Å². The van der Waals surface area contributed by atoms with Crippen molar-refractivity contribution in [3.8, 4) is 0 Å². The van der Waals surface area contributed by atoms with Crippen LogP contribution in [0.5, 0.6) is 0 Å². The molecule has 1 fully saturated rings. The van der Waals surface area contributed by atoms with Crippen molar-refractivity contribution in [1.82, 2.24) is 14.8 Å². The number of piperazine rings is 1. The minimum Gasteiger partial charge on any atom is -0.398 e. The maximum Gasteiger partial charge on any atom is 0.239 e. The zero-order valence-electron chi connectivity index (χ0n) is 16.2. The topological polar surface area (TPSA) is 62.5 Å². The molecule has 4 rings (SSSR count). The number of aromatic nitrogens is 1. The summed E-state index contributed by atoms with van der Waals surface area (Å²) < 4.78 is 0.786. The largest absolute Gasteiger partial charge is 0.398 e. The molecule has 2 N–H and O–H groups in total. The van der Waals surface area contributed by atoms with Crippen molar-refractivity contribution in [3.05, 3.63) is 63.4 Å². The van der Waals surface area contributed by atoms with Crippen LogP contribution in [0, 0.1) is 0 Å². The third-order valence-corrected chi connectivity index (χ3v) is 6.50. The van der Waals surface area contributed by atoms with E-state index in [0.29, 0.717) is 13.1 Å². The highest BCUT2D eigenvalue weighted by molar-refractivity contribution is 7.16. The Labute approximate surface area is 179 Å². The molecule has 0 spiro atoms. The number of nitrogen functional groups attached to an aromatic ring is 1. The van der Waals surface area contributed by atoms with Gasteiger partial charge in [0.25, 0.3) is 0 Å². The lowest BCUT2D eigenvalue weighted by Gasteiger charge is -2.38. The predicted octanol–water partition coefficient (Wildman–Crippen LogP) is 4.28. The second-order valence-electron chi connectivity index (χ2n) is 7.23. The Morgan fingerprint density at radius 3 is 2.93 bits per heavy atom. The standard InChI is InChI=1S/C22H23ClN4OS/c1-15-22(28)27(12-11-26(15)10-2-3-17-5-7-21(23)29-17)14-16-4-6-18-19(24)8-9-25-20(18)13-16/h2-9,13,15H,10-12,14H2,1H3,(H2,24,25)/t15-/m0/s1. The van der Waals surface area contributed by atoms with Gasteiger partial charge in [0.1, 0.15) is 0 Å². The van der Waals surface area contributed by atoms with E-state index in [-0.39, 0.29) is 11.9 Å². The molecule has 0 aliphatic carbocycles. The van der Waals surface area contributed by atoms with Crippen LogP contribution in [0.2, 0.25) is 4.34 Å². The summed E-state index contributed by atoms with van der Waals surface area (Å²) in [6.07, 6.45) is 5.88. The van der Waals surface area contributed by atoms with E-state index in [1.54, 1.807) is 23.6 Å². The van der Waals surface area contributed by atoms with Crippen LogP contribution in [0.1, 0.15) is 17.4 Å². The van der Waals surface area contributed by atoms with Crippen LogP contribution in [-0.2, 0) is 11.3 Å². The maximum atomic E-state index is 12.9. The highest BCUT2D eigenvalue weighted by Crippen LogP contribution is 2.23. The summed E-state index contributed by atoms with van der Waals surface area (Å²) in [6.45, 7) is 4.88. The normalized spacial score (nSPS) is 18.2. The van der Waals surface area contributed by atoms with Gasteiger partial charge in [-0.3, -0.25) is 14.7 Å². The Bertz CT molecular complexity index is 1060. The van der Waals surface area contributed by atoms with Gasteiger partial charge < -0.3 is 10.6 Å². The molecule has 0 saturated carbocycles. The molecule has 0 radical (unpaired) electrons. The Hall–Kier alpha value is -2.41. The smallest absolute Gasteiger partial charge is 0.239 e. The first-order chi connectivity index (χ1) is 14.0. The van der Waals surface area contributed by atoms with Gasteiger partial charge in [-0.05, 0) is 42.8 Å². The molecule has 0 bridgehead atoms. The fourth-order valence-electron chi connectivity index (χ4n) is 3.64. The molecule has 2 aromatic heterocycles. The molecule has 5 nitrogen and oxygen atoms in total. The summed E-state index contributed by atoms with van der Waals surface area (Å²) in [4.78, 5) is 22.6. The van der Waals surface area contributed by atoms with Gasteiger partial charge in [0.05, 0.1) is 15.9 Å². The van der Waals surface area contributed by atoms with E-state index >= 15 is 0 Å². The molecule has 0 unspecified atom stereocenters. The number of rotatable bonds is 5. The second-order valence-corrected chi connectivity index (χ2v) is 8.97. The van der Waals surface area contributed by atoms with Crippen LogP contribution in [0.25, 0.3) is 17.0 Å². The Balaban J connectivity index is 1.39. The van der Waals surface area contributed by atoms with Gasteiger partial charge in [0.2, 0.25) is 5.91 Å². The quantitative estimate of drug-likeness (QED) is 0.661. The number of carbonyl (C=O) groups is 1. The van der Waals surface area contributed by atoms with Crippen molar-refractivity contribution in [3.63, 3.8) is 0 Å². The number of anilines is 1. The number of pyridine rings is 1. The molecule has 1 aromatic carbocycles. The highest BCUT2D eigenvalue weighted by atomic mass is 35.5. The molecule has 1 aliphatic rings. The lowest BCUT2D eigenvalue weighted by Crippen LogP contribution is -2.55. The zero-order chi connectivity index (χ0) is 20.4. The molecule has 3 heterocycles. The molecular weight excluding hydrogens is 404 g/mol. The van der Waals surface area contributed by atoms with Crippen LogP contribution < -0.4 is 5.73 Å². The van der Waals surface area contributed by atoms with E-state index < -0.39 is 0 Å². The van der Waals surface area contributed by atoms with Crippen LogP contribution in [-0.4, -0.2) is 46.4 Å². The number of hydrogen-bond acceptors (Lipinski definition) is 5. The van der Waals surface area contributed by atoms with Crippen molar-refractivity contribution >= 4 is 51.5 Å². The lowest BCUT2D eigenvalue weighted by molar-refractivity contribution is -0.141. The van der Waals surface area contributed by atoms with Gasteiger partial charge in [0, 0.05) is 48.3 Å². The highest BCUT2D eigenvalue weighted by Gasteiger charge is 2.30. The molecule has 1 saturated heterocycles. The minimum absolute atomic E-state index is 0.144. The Morgan fingerprint density at radius 1 is 1.28 bits per heavy atom. The third-order valence-electron chi connectivity index (χ3n) is 5.30. The molecule has 1 amide bonds. The van der Waals surface area contributed by atoms with E-state index in [1.807, 2.05) is 42.2 Å². The van der Waals surface area contributed by atoms with Crippen molar-refractivity contribution in [2.45, 2.75) is 19.5 Å². The van der Waals surface area contributed by atoms with Crippen molar-refractivity contribution < 1.29 is 4.79 Å². The monoisotopic (exact) mass is 426 g/mol. The van der Waals surface area contributed by atoms with Gasteiger partial charge in [-0.2, -0.15) is 0 Å². The number of thiophene rings is 1. The first-order valence-electron chi connectivity index (χ1n) is 9.59. The first-order valence-corrected chi connectivity index (χ1v) is 10.8. The summed E-state index contributed by atoms with van der Waals surface area (Å²) in [7, 11) is 0. The van der Waals surface area contributed by atoms with E-state index in [2.05, 4.69) is 22.0 Å². The Kier molecular flexibility index (Phi) is 5.85. The molecular formula is C22H23ClN4OS. The molecule has 1 atom stereocenters. The predicted molar refractivity (Wildman–Crippen MR) is 121 cm³/mol. The van der Waals surface area contributed by atoms with E-state index in [4.69, 9.17) is 17.3 Å². The van der Waals surface area contributed by atoms with Crippen molar-refractivity contribution in [2.75, 3.05) is 25.4 Å². The van der Waals surface area contributed by atoms with Gasteiger partial charge in [-0.1, -0.05) is 29.8 Å². The number of halogens is 1.